The summed E-state index contributed by atoms with van der Waals surface area (Å²) in [5.41, 5.74) is 13.1. The summed E-state index contributed by atoms with van der Waals surface area (Å²) in [6.45, 7) is 17.0. The van der Waals surface area contributed by atoms with Gasteiger partial charge >= 0.3 is 0 Å². The van der Waals surface area contributed by atoms with Crippen LogP contribution in [0.2, 0.25) is 0 Å². The number of carbonyl (C=O) groups excluding carboxylic acids is 1. The molecule has 0 aliphatic heterocycles. The zero-order valence-corrected chi connectivity index (χ0v) is 18.4. The summed E-state index contributed by atoms with van der Waals surface area (Å²) in [7, 11) is 0. The van der Waals surface area contributed by atoms with Gasteiger partial charge < -0.3 is 0 Å². The zero-order valence-electron chi connectivity index (χ0n) is 18.4. The second kappa shape index (κ2) is 8.75. The Morgan fingerprint density at radius 2 is 1.19 bits per heavy atom. The maximum Gasteiger partial charge on any atom is 0.184 e. The standard InChI is InChI=1S/C26H34O/c1-9-10-11-13-23-16(2)18(4)24(19(5)17(23)3)14-12-15-25-20(6)21(7)26(27)22(25)8/h11-15H2,1-8H3. The van der Waals surface area contributed by atoms with Gasteiger partial charge in [0.2, 0.25) is 0 Å². The Morgan fingerprint density at radius 1 is 0.667 bits per heavy atom. The third-order valence-electron chi connectivity index (χ3n) is 6.62. The monoisotopic (exact) mass is 362 g/mol. The minimum Gasteiger partial charge on any atom is -0.289 e. The molecular formula is C26H34O. The van der Waals surface area contributed by atoms with Gasteiger partial charge in [-0.05, 0) is 131 Å². The van der Waals surface area contributed by atoms with Gasteiger partial charge in [0.05, 0.1) is 0 Å². The lowest BCUT2D eigenvalue weighted by molar-refractivity contribution is -0.112. The first-order valence-electron chi connectivity index (χ1n) is 10.1. The molecule has 0 unspecified atom stereocenters. The molecule has 1 aliphatic carbocycles. The average Bonchev–Trinajstić information content (AvgIpc) is 2.83. The molecule has 0 heterocycles. The van der Waals surface area contributed by atoms with Crippen molar-refractivity contribution in [2.75, 3.05) is 0 Å². The van der Waals surface area contributed by atoms with E-state index in [4.69, 9.17) is 0 Å². The highest BCUT2D eigenvalue weighted by Gasteiger charge is 2.23. The highest BCUT2D eigenvalue weighted by molar-refractivity contribution is 6.12. The van der Waals surface area contributed by atoms with Gasteiger partial charge in [-0.25, -0.2) is 0 Å². The summed E-state index contributed by atoms with van der Waals surface area (Å²) < 4.78 is 0. The molecule has 0 atom stereocenters. The zero-order chi connectivity index (χ0) is 20.3. The quantitative estimate of drug-likeness (QED) is 0.533. The summed E-state index contributed by atoms with van der Waals surface area (Å²) in [6, 6.07) is 0. The molecule has 0 bridgehead atoms. The van der Waals surface area contributed by atoms with E-state index in [-0.39, 0.29) is 5.78 Å². The van der Waals surface area contributed by atoms with Gasteiger partial charge in [-0.1, -0.05) is 0 Å². The predicted octanol–water partition coefficient (Wildman–Crippen LogP) is 6.43. The van der Waals surface area contributed by atoms with Gasteiger partial charge in [0.25, 0.3) is 0 Å². The van der Waals surface area contributed by atoms with Crippen molar-refractivity contribution < 1.29 is 4.79 Å². The van der Waals surface area contributed by atoms with E-state index in [2.05, 4.69) is 46.5 Å². The molecule has 0 fully saturated rings. The highest BCUT2D eigenvalue weighted by atomic mass is 16.1. The molecule has 0 aromatic heterocycles. The molecular weight excluding hydrogens is 328 g/mol. The van der Waals surface area contributed by atoms with Crippen LogP contribution < -0.4 is 0 Å². The minimum atomic E-state index is 0.237. The van der Waals surface area contributed by atoms with Crippen molar-refractivity contribution in [1.29, 1.82) is 0 Å². The summed E-state index contributed by atoms with van der Waals surface area (Å²) in [5.74, 6) is 6.44. The summed E-state index contributed by atoms with van der Waals surface area (Å²) in [5, 5.41) is 0. The first kappa shape index (κ1) is 21.2. The second-order valence-electron chi connectivity index (χ2n) is 7.92. The summed E-state index contributed by atoms with van der Waals surface area (Å²) in [6.07, 6.45) is 5.13. The minimum absolute atomic E-state index is 0.237. The van der Waals surface area contributed by atoms with Crippen molar-refractivity contribution in [3.63, 3.8) is 0 Å². The van der Waals surface area contributed by atoms with Crippen molar-refractivity contribution in [2.45, 2.75) is 87.5 Å². The molecule has 2 rings (SSSR count). The number of benzene rings is 1. The van der Waals surface area contributed by atoms with Gasteiger partial charge in [0, 0.05) is 12.0 Å². The number of ketones is 1. The summed E-state index contributed by atoms with van der Waals surface area (Å²) in [4.78, 5) is 12.2. The van der Waals surface area contributed by atoms with Crippen LogP contribution in [0, 0.1) is 39.5 Å². The van der Waals surface area contributed by atoms with Crippen LogP contribution in [0.15, 0.2) is 22.3 Å². The molecule has 1 aromatic rings. The van der Waals surface area contributed by atoms with E-state index in [1.807, 2.05) is 20.8 Å². The molecule has 27 heavy (non-hydrogen) atoms. The first-order valence-corrected chi connectivity index (χ1v) is 10.1. The van der Waals surface area contributed by atoms with Gasteiger partial charge in [-0.2, -0.15) is 0 Å². The van der Waals surface area contributed by atoms with E-state index in [9.17, 15) is 4.79 Å². The Bertz CT molecular complexity index is 865. The van der Waals surface area contributed by atoms with Crippen LogP contribution in [0.1, 0.15) is 80.3 Å². The fourth-order valence-electron chi connectivity index (χ4n) is 4.44. The lowest BCUT2D eigenvalue weighted by Gasteiger charge is -2.20. The molecule has 0 amide bonds. The number of carbonyl (C=O) groups is 1. The topological polar surface area (TPSA) is 17.1 Å². The normalized spacial score (nSPS) is 14.1. The van der Waals surface area contributed by atoms with E-state index in [0.717, 1.165) is 43.3 Å². The average molecular weight is 363 g/mol. The van der Waals surface area contributed by atoms with E-state index in [1.165, 1.54) is 44.5 Å². The van der Waals surface area contributed by atoms with Crippen molar-refractivity contribution in [3.8, 4) is 11.8 Å². The third-order valence-corrected chi connectivity index (χ3v) is 6.62. The van der Waals surface area contributed by atoms with Gasteiger partial charge in [-0.3, -0.25) is 4.79 Å². The van der Waals surface area contributed by atoms with Gasteiger partial charge in [0.1, 0.15) is 0 Å². The lowest BCUT2D eigenvalue weighted by atomic mass is 9.85. The fourth-order valence-corrected chi connectivity index (χ4v) is 4.44. The molecule has 0 radical (unpaired) electrons. The number of rotatable bonds is 6. The fraction of sp³-hybridized carbons (Fsp3) is 0.500. The van der Waals surface area contributed by atoms with Crippen LogP contribution in [-0.4, -0.2) is 5.78 Å². The van der Waals surface area contributed by atoms with Gasteiger partial charge in [0.15, 0.2) is 5.78 Å². The van der Waals surface area contributed by atoms with Crippen LogP contribution in [0.25, 0.3) is 0 Å². The Morgan fingerprint density at radius 3 is 1.63 bits per heavy atom. The SMILES string of the molecule is CC#CCCc1c(C)c(C)c(CCCC2=C(C)C(=O)C(C)=C2C)c(C)c1C. The second-order valence-corrected chi connectivity index (χ2v) is 7.92. The Labute approximate surface area is 166 Å². The number of allylic oxidation sites excluding steroid dienone is 4. The molecule has 1 aliphatic rings. The largest absolute Gasteiger partial charge is 0.289 e. The van der Waals surface area contributed by atoms with Crippen LogP contribution in [0.3, 0.4) is 0 Å². The van der Waals surface area contributed by atoms with E-state index in [1.54, 1.807) is 0 Å². The van der Waals surface area contributed by atoms with E-state index >= 15 is 0 Å². The number of Topliss-reactive ketones (excluding diaryl/α,β-unsaturated/α-hetero) is 1. The van der Waals surface area contributed by atoms with Crippen molar-refractivity contribution in [2.24, 2.45) is 0 Å². The molecule has 0 N–H and O–H groups in total. The maximum absolute atomic E-state index is 12.2. The number of hydrogen-bond donors (Lipinski definition) is 0. The summed E-state index contributed by atoms with van der Waals surface area (Å²) >= 11 is 0. The van der Waals surface area contributed by atoms with Crippen LogP contribution in [0.4, 0.5) is 0 Å². The third kappa shape index (κ3) is 4.11. The molecule has 0 spiro atoms. The molecule has 1 heteroatoms. The van der Waals surface area contributed by atoms with Crippen molar-refractivity contribution >= 4 is 5.78 Å². The molecule has 0 saturated carbocycles. The Hall–Kier alpha value is -2.07. The Balaban J connectivity index is 2.20. The molecule has 1 aromatic carbocycles. The van der Waals surface area contributed by atoms with Crippen molar-refractivity contribution in [1.82, 2.24) is 0 Å². The van der Waals surface area contributed by atoms with Crippen molar-refractivity contribution in [3.05, 3.63) is 55.7 Å². The van der Waals surface area contributed by atoms with Crippen LogP contribution in [-0.2, 0) is 17.6 Å². The predicted molar refractivity (Wildman–Crippen MR) is 116 cm³/mol. The number of hydrogen-bond acceptors (Lipinski definition) is 1. The molecule has 1 nitrogen and oxygen atoms in total. The van der Waals surface area contributed by atoms with E-state index in [0.29, 0.717) is 0 Å². The van der Waals surface area contributed by atoms with E-state index < -0.39 is 0 Å². The highest BCUT2D eigenvalue weighted by Crippen LogP contribution is 2.33. The maximum atomic E-state index is 12.2. The smallest absolute Gasteiger partial charge is 0.184 e. The lowest BCUT2D eigenvalue weighted by Crippen LogP contribution is -2.06. The van der Waals surface area contributed by atoms with Crippen LogP contribution in [0.5, 0.6) is 0 Å². The molecule has 144 valence electrons. The Kier molecular flexibility index (Phi) is 6.88. The molecule has 0 saturated heterocycles. The first-order chi connectivity index (χ1) is 12.7. The van der Waals surface area contributed by atoms with Crippen LogP contribution >= 0.6 is 0 Å². The van der Waals surface area contributed by atoms with Gasteiger partial charge in [-0.15, -0.1) is 11.8 Å².